The molecule has 0 aliphatic heterocycles. The molecule has 0 amide bonds. The Morgan fingerprint density at radius 3 is 2.27 bits per heavy atom. The Labute approximate surface area is 136 Å². The van der Waals surface area contributed by atoms with E-state index in [9.17, 15) is 0 Å². The molecule has 0 fully saturated rings. The van der Waals surface area contributed by atoms with Crippen LogP contribution in [-0.2, 0) is 6.42 Å². The molecule has 22 heavy (non-hydrogen) atoms. The van der Waals surface area contributed by atoms with Crippen LogP contribution in [0.4, 0.5) is 0 Å². The van der Waals surface area contributed by atoms with Crippen molar-refractivity contribution in [2.24, 2.45) is 0 Å². The molecule has 0 bridgehead atoms. The van der Waals surface area contributed by atoms with E-state index in [1.54, 1.807) is 0 Å². The normalized spacial score (nSPS) is 11.5. The van der Waals surface area contributed by atoms with Crippen molar-refractivity contribution in [1.29, 1.82) is 0 Å². The van der Waals surface area contributed by atoms with Gasteiger partial charge >= 0.3 is 0 Å². The Kier molecular flexibility index (Phi) is 4.39. The van der Waals surface area contributed by atoms with E-state index in [-0.39, 0.29) is 0 Å². The fraction of sp³-hybridized carbons (Fsp3) is 0.400. The van der Waals surface area contributed by atoms with Gasteiger partial charge in [0.25, 0.3) is 0 Å². The maximum absolute atomic E-state index is 5.75. The lowest BCUT2D eigenvalue weighted by Crippen LogP contribution is -1.93. The summed E-state index contributed by atoms with van der Waals surface area (Å²) in [6.07, 6.45) is 3.71. The lowest BCUT2D eigenvalue weighted by Gasteiger charge is -2.07. The van der Waals surface area contributed by atoms with E-state index in [0.29, 0.717) is 0 Å². The highest BCUT2D eigenvalue weighted by molar-refractivity contribution is 7.26. The zero-order valence-corrected chi connectivity index (χ0v) is 14.8. The maximum atomic E-state index is 5.75. The van der Waals surface area contributed by atoms with Gasteiger partial charge in [-0.15, -0.1) is 11.3 Å². The second kappa shape index (κ2) is 6.29. The molecule has 1 heterocycles. The summed E-state index contributed by atoms with van der Waals surface area (Å²) >= 11 is 1.92. The van der Waals surface area contributed by atoms with E-state index in [1.165, 1.54) is 56.1 Å². The summed E-state index contributed by atoms with van der Waals surface area (Å²) < 4.78 is 8.57. The number of fused-ring (bicyclic) bond motifs is 3. The first-order chi connectivity index (χ1) is 10.7. The zero-order chi connectivity index (χ0) is 15.7. The largest absolute Gasteiger partial charge is 0.494 e. The van der Waals surface area contributed by atoms with Gasteiger partial charge in [0.15, 0.2) is 0 Å². The van der Waals surface area contributed by atoms with Crippen LogP contribution in [0.2, 0.25) is 0 Å². The first-order valence-electron chi connectivity index (χ1n) is 8.24. The van der Waals surface area contributed by atoms with Crippen LogP contribution in [0.5, 0.6) is 5.75 Å². The molecule has 0 aliphatic carbocycles. The van der Waals surface area contributed by atoms with E-state index >= 15 is 0 Å². The summed E-state index contributed by atoms with van der Waals surface area (Å²) in [5.74, 6) is 1.02. The molecule has 1 nitrogen and oxygen atoms in total. The van der Waals surface area contributed by atoms with Crippen LogP contribution in [-0.4, -0.2) is 6.61 Å². The van der Waals surface area contributed by atoms with E-state index in [4.69, 9.17) is 4.74 Å². The van der Waals surface area contributed by atoms with Crippen LogP contribution in [0.15, 0.2) is 24.3 Å². The highest BCUT2D eigenvalue weighted by Crippen LogP contribution is 2.41. The van der Waals surface area contributed by atoms with Gasteiger partial charge in [-0.3, -0.25) is 0 Å². The van der Waals surface area contributed by atoms with Gasteiger partial charge in [0.05, 0.1) is 6.61 Å². The smallest absolute Gasteiger partial charge is 0.123 e. The highest BCUT2D eigenvalue weighted by Gasteiger charge is 2.13. The summed E-state index contributed by atoms with van der Waals surface area (Å²) in [6.45, 7) is 9.47. The highest BCUT2D eigenvalue weighted by atomic mass is 32.1. The minimum absolute atomic E-state index is 0.720. The standard InChI is InChI=1S/C20H24OS/c1-5-7-8-15-9-10-16-17-11-12-18(21-6-2)14(4)20(17)22-19(16)13(15)3/h9-12H,5-8H2,1-4H3. The predicted molar refractivity (Wildman–Crippen MR) is 98.6 cm³/mol. The zero-order valence-electron chi connectivity index (χ0n) is 14.0. The SMILES string of the molecule is CCCCc1ccc2c(sc3c(C)c(OCC)ccc32)c1C. The van der Waals surface area contributed by atoms with Crippen molar-refractivity contribution in [2.45, 2.75) is 47.0 Å². The van der Waals surface area contributed by atoms with Crippen molar-refractivity contribution < 1.29 is 4.74 Å². The van der Waals surface area contributed by atoms with Crippen molar-refractivity contribution >= 4 is 31.5 Å². The lowest BCUT2D eigenvalue weighted by molar-refractivity contribution is 0.338. The molecule has 0 N–H and O–H groups in total. The molecule has 0 radical (unpaired) electrons. The number of thiophene rings is 1. The monoisotopic (exact) mass is 312 g/mol. The second-order valence-electron chi connectivity index (χ2n) is 5.93. The van der Waals surface area contributed by atoms with Crippen LogP contribution in [0.25, 0.3) is 20.2 Å². The number of hydrogen-bond acceptors (Lipinski definition) is 2. The second-order valence-corrected chi connectivity index (χ2v) is 6.95. The fourth-order valence-electron chi connectivity index (χ4n) is 3.15. The molecule has 116 valence electrons. The summed E-state index contributed by atoms with van der Waals surface area (Å²) in [5.41, 5.74) is 4.24. The fourth-order valence-corrected chi connectivity index (χ4v) is 4.46. The molecule has 3 rings (SSSR count). The molecular formula is C20H24OS. The maximum Gasteiger partial charge on any atom is 0.123 e. The van der Waals surface area contributed by atoms with Gasteiger partial charge in [-0.1, -0.05) is 25.5 Å². The number of unbranched alkanes of at least 4 members (excludes halogenated alkanes) is 1. The van der Waals surface area contributed by atoms with Gasteiger partial charge in [-0.2, -0.15) is 0 Å². The van der Waals surface area contributed by atoms with E-state index in [1.807, 2.05) is 18.3 Å². The van der Waals surface area contributed by atoms with Gasteiger partial charge in [0.1, 0.15) is 5.75 Å². The summed E-state index contributed by atoms with van der Waals surface area (Å²) in [6, 6.07) is 8.97. The van der Waals surface area contributed by atoms with Gasteiger partial charge in [-0.05, 0) is 56.9 Å². The molecule has 0 spiro atoms. The van der Waals surface area contributed by atoms with Crippen molar-refractivity contribution in [3.05, 3.63) is 41.0 Å². The van der Waals surface area contributed by atoms with Crippen LogP contribution < -0.4 is 4.74 Å². The molecule has 2 aromatic carbocycles. The van der Waals surface area contributed by atoms with E-state index in [2.05, 4.69) is 45.0 Å². The van der Waals surface area contributed by atoms with Gasteiger partial charge < -0.3 is 4.74 Å². The molecule has 0 unspecified atom stereocenters. The molecule has 2 heteroatoms. The van der Waals surface area contributed by atoms with E-state index in [0.717, 1.165) is 12.4 Å². The van der Waals surface area contributed by atoms with Gasteiger partial charge in [-0.25, -0.2) is 0 Å². The number of benzene rings is 2. The van der Waals surface area contributed by atoms with Crippen LogP contribution in [0.3, 0.4) is 0 Å². The topological polar surface area (TPSA) is 9.23 Å². The average Bonchev–Trinajstić information content (AvgIpc) is 2.90. The van der Waals surface area contributed by atoms with Crippen molar-refractivity contribution in [1.82, 2.24) is 0 Å². The Morgan fingerprint density at radius 1 is 0.909 bits per heavy atom. The van der Waals surface area contributed by atoms with Gasteiger partial charge in [0.2, 0.25) is 0 Å². The minimum Gasteiger partial charge on any atom is -0.494 e. The number of rotatable bonds is 5. The first-order valence-corrected chi connectivity index (χ1v) is 9.06. The van der Waals surface area contributed by atoms with Crippen LogP contribution in [0.1, 0.15) is 43.4 Å². The van der Waals surface area contributed by atoms with Crippen LogP contribution >= 0.6 is 11.3 Å². The Bertz CT molecular complexity index is 814. The third-order valence-corrected chi connectivity index (χ3v) is 5.93. The third kappa shape index (κ3) is 2.50. The Balaban J connectivity index is 2.20. The molecule has 0 atom stereocenters. The molecule has 0 saturated carbocycles. The molecule has 1 aromatic heterocycles. The number of aryl methyl sites for hydroxylation is 3. The summed E-state index contributed by atoms with van der Waals surface area (Å²) in [7, 11) is 0. The predicted octanol–water partition coefficient (Wildman–Crippen LogP) is 6.41. The van der Waals surface area contributed by atoms with Crippen molar-refractivity contribution in [3.8, 4) is 5.75 Å². The van der Waals surface area contributed by atoms with Crippen LogP contribution in [0, 0.1) is 13.8 Å². The van der Waals surface area contributed by atoms with Gasteiger partial charge in [0, 0.05) is 25.7 Å². The molecular weight excluding hydrogens is 288 g/mol. The Hall–Kier alpha value is -1.54. The molecule has 0 aliphatic rings. The number of hydrogen-bond donors (Lipinski definition) is 0. The Morgan fingerprint density at radius 2 is 1.59 bits per heavy atom. The summed E-state index contributed by atoms with van der Waals surface area (Å²) in [4.78, 5) is 0. The third-order valence-electron chi connectivity index (χ3n) is 4.47. The molecule has 0 saturated heterocycles. The minimum atomic E-state index is 0.720. The first kappa shape index (κ1) is 15.4. The van der Waals surface area contributed by atoms with Crippen molar-refractivity contribution in [2.75, 3.05) is 6.61 Å². The molecule has 3 aromatic rings. The lowest BCUT2D eigenvalue weighted by atomic mass is 10.00. The number of ether oxygens (including phenoxy) is 1. The average molecular weight is 312 g/mol. The quantitative estimate of drug-likeness (QED) is 0.528. The summed E-state index contributed by atoms with van der Waals surface area (Å²) in [5, 5.41) is 2.76. The van der Waals surface area contributed by atoms with Crippen molar-refractivity contribution in [3.63, 3.8) is 0 Å². The van der Waals surface area contributed by atoms with E-state index < -0.39 is 0 Å².